The Hall–Kier alpha value is -0.240. The standard InChI is InChI=1S/C13H24ClNO/c1-10(14)13(2,3)15-12(16)9-8-11-6-4-5-7-11/h10-11H,4-9H2,1-3H3,(H,15,16). The fourth-order valence-corrected chi connectivity index (χ4v) is 2.21. The highest BCUT2D eigenvalue weighted by Gasteiger charge is 2.26. The van der Waals surface area contributed by atoms with Gasteiger partial charge in [-0.2, -0.15) is 0 Å². The van der Waals surface area contributed by atoms with Crippen LogP contribution in [0, 0.1) is 5.92 Å². The minimum Gasteiger partial charge on any atom is -0.350 e. The summed E-state index contributed by atoms with van der Waals surface area (Å²) in [5.74, 6) is 0.923. The number of rotatable bonds is 5. The van der Waals surface area contributed by atoms with E-state index in [-0.39, 0.29) is 16.8 Å². The van der Waals surface area contributed by atoms with Crippen LogP contribution in [0.15, 0.2) is 0 Å². The second-order valence-corrected chi connectivity index (χ2v) is 6.23. The fourth-order valence-electron chi connectivity index (χ4n) is 2.16. The zero-order chi connectivity index (χ0) is 12.2. The highest BCUT2D eigenvalue weighted by Crippen LogP contribution is 2.28. The van der Waals surface area contributed by atoms with Crippen LogP contribution in [0.3, 0.4) is 0 Å². The molecule has 1 aliphatic rings. The number of nitrogens with one attached hydrogen (secondary N) is 1. The Morgan fingerprint density at radius 2 is 2.00 bits per heavy atom. The Bertz CT molecular complexity index is 232. The van der Waals surface area contributed by atoms with Crippen LogP contribution in [0.25, 0.3) is 0 Å². The van der Waals surface area contributed by atoms with Gasteiger partial charge in [0, 0.05) is 6.42 Å². The Kier molecular flexibility index (Phi) is 5.10. The van der Waals surface area contributed by atoms with Gasteiger partial charge in [0.15, 0.2) is 0 Å². The molecule has 1 aliphatic carbocycles. The van der Waals surface area contributed by atoms with E-state index in [4.69, 9.17) is 11.6 Å². The van der Waals surface area contributed by atoms with Crippen molar-refractivity contribution in [2.75, 3.05) is 0 Å². The average Bonchev–Trinajstić information content (AvgIpc) is 2.66. The van der Waals surface area contributed by atoms with E-state index in [0.29, 0.717) is 6.42 Å². The second kappa shape index (κ2) is 5.90. The van der Waals surface area contributed by atoms with Crippen molar-refractivity contribution in [3.8, 4) is 0 Å². The molecule has 1 N–H and O–H groups in total. The summed E-state index contributed by atoms with van der Waals surface area (Å²) in [4.78, 5) is 11.8. The van der Waals surface area contributed by atoms with Crippen molar-refractivity contribution < 1.29 is 4.79 Å². The quantitative estimate of drug-likeness (QED) is 0.739. The van der Waals surface area contributed by atoms with Gasteiger partial charge in [-0.25, -0.2) is 0 Å². The molecular weight excluding hydrogens is 222 g/mol. The minimum atomic E-state index is -0.311. The molecule has 0 heterocycles. The van der Waals surface area contributed by atoms with Crippen molar-refractivity contribution in [1.82, 2.24) is 5.32 Å². The molecule has 2 nitrogen and oxygen atoms in total. The summed E-state index contributed by atoms with van der Waals surface area (Å²) in [6, 6.07) is 0. The van der Waals surface area contributed by atoms with E-state index in [9.17, 15) is 4.79 Å². The lowest BCUT2D eigenvalue weighted by Crippen LogP contribution is -2.49. The second-order valence-electron chi connectivity index (χ2n) is 5.58. The molecule has 1 unspecified atom stereocenters. The van der Waals surface area contributed by atoms with Crippen molar-refractivity contribution in [2.45, 2.75) is 70.2 Å². The summed E-state index contributed by atoms with van der Waals surface area (Å²) in [7, 11) is 0. The Labute approximate surface area is 104 Å². The lowest BCUT2D eigenvalue weighted by atomic mass is 9.99. The first kappa shape index (κ1) is 13.8. The summed E-state index contributed by atoms with van der Waals surface area (Å²) in [5.41, 5.74) is -0.311. The molecule has 16 heavy (non-hydrogen) atoms. The molecule has 1 amide bonds. The van der Waals surface area contributed by atoms with Crippen molar-refractivity contribution in [2.24, 2.45) is 5.92 Å². The number of hydrogen-bond donors (Lipinski definition) is 1. The zero-order valence-electron chi connectivity index (χ0n) is 10.7. The molecule has 3 heteroatoms. The molecule has 94 valence electrons. The van der Waals surface area contributed by atoms with Gasteiger partial charge >= 0.3 is 0 Å². The number of carbonyl (C=O) groups is 1. The topological polar surface area (TPSA) is 29.1 Å². The first-order valence-electron chi connectivity index (χ1n) is 6.37. The molecule has 0 bridgehead atoms. The van der Waals surface area contributed by atoms with Crippen molar-refractivity contribution >= 4 is 17.5 Å². The first-order valence-corrected chi connectivity index (χ1v) is 6.80. The van der Waals surface area contributed by atoms with Gasteiger partial charge in [0.25, 0.3) is 0 Å². The van der Waals surface area contributed by atoms with E-state index in [1.807, 2.05) is 20.8 Å². The molecule has 0 aromatic rings. The largest absolute Gasteiger partial charge is 0.350 e. The number of carbonyl (C=O) groups excluding carboxylic acids is 1. The van der Waals surface area contributed by atoms with Gasteiger partial charge in [-0.1, -0.05) is 25.7 Å². The average molecular weight is 246 g/mol. The maximum absolute atomic E-state index is 11.8. The van der Waals surface area contributed by atoms with Gasteiger partial charge in [-0.15, -0.1) is 11.6 Å². The third-order valence-electron chi connectivity index (χ3n) is 3.71. The van der Waals surface area contributed by atoms with Gasteiger partial charge in [0.2, 0.25) is 5.91 Å². The fraction of sp³-hybridized carbons (Fsp3) is 0.923. The molecule has 1 atom stereocenters. The summed E-state index contributed by atoms with van der Waals surface area (Å²) in [6.45, 7) is 5.86. The normalized spacial score (nSPS) is 19.8. The van der Waals surface area contributed by atoms with E-state index in [0.717, 1.165) is 12.3 Å². The van der Waals surface area contributed by atoms with Crippen LogP contribution in [0.2, 0.25) is 0 Å². The first-order chi connectivity index (χ1) is 7.42. The minimum absolute atomic E-state index is 0.0528. The molecule has 0 spiro atoms. The summed E-state index contributed by atoms with van der Waals surface area (Å²) in [5, 5.41) is 2.96. The summed E-state index contributed by atoms with van der Waals surface area (Å²) in [6.07, 6.45) is 6.99. The van der Waals surface area contributed by atoms with Crippen molar-refractivity contribution in [3.63, 3.8) is 0 Å². The number of alkyl halides is 1. The van der Waals surface area contributed by atoms with Crippen molar-refractivity contribution in [1.29, 1.82) is 0 Å². The highest BCUT2D eigenvalue weighted by molar-refractivity contribution is 6.21. The molecular formula is C13H24ClNO. The Morgan fingerprint density at radius 1 is 1.44 bits per heavy atom. The van der Waals surface area contributed by atoms with Crippen LogP contribution in [0.1, 0.15) is 59.3 Å². The van der Waals surface area contributed by atoms with Crippen LogP contribution in [0.5, 0.6) is 0 Å². The maximum Gasteiger partial charge on any atom is 0.220 e. The van der Waals surface area contributed by atoms with Gasteiger partial charge in [-0.05, 0) is 33.1 Å². The molecule has 1 fully saturated rings. The monoisotopic (exact) mass is 245 g/mol. The van der Waals surface area contributed by atoms with Crippen LogP contribution < -0.4 is 5.32 Å². The predicted molar refractivity (Wildman–Crippen MR) is 68.7 cm³/mol. The number of halogens is 1. The molecule has 0 aromatic carbocycles. The van der Waals surface area contributed by atoms with Crippen LogP contribution in [-0.4, -0.2) is 16.8 Å². The van der Waals surface area contributed by atoms with E-state index in [2.05, 4.69) is 5.32 Å². The molecule has 1 saturated carbocycles. The third kappa shape index (κ3) is 4.32. The molecule has 0 aliphatic heterocycles. The van der Waals surface area contributed by atoms with E-state index >= 15 is 0 Å². The molecule has 1 rings (SSSR count). The zero-order valence-corrected chi connectivity index (χ0v) is 11.4. The van der Waals surface area contributed by atoms with E-state index in [1.54, 1.807) is 0 Å². The Morgan fingerprint density at radius 3 is 2.50 bits per heavy atom. The van der Waals surface area contributed by atoms with Crippen LogP contribution in [0.4, 0.5) is 0 Å². The molecule has 0 aromatic heterocycles. The summed E-state index contributed by atoms with van der Waals surface area (Å²) < 4.78 is 0. The highest BCUT2D eigenvalue weighted by atomic mass is 35.5. The van der Waals surface area contributed by atoms with Crippen LogP contribution >= 0.6 is 11.6 Å². The Balaban J connectivity index is 2.24. The maximum atomic E-state index is 11.8. The van der Waals surface area contributed by atoms with Gasteiger partial charge < -0.3 is 5.32 Å². The van der Waals surface area contributed by atoms with Gasteiger partial charge in [0.1, 0.15) is 0 Å². The summed E-state index contributed by atoms with van der Waals surface area (Å²) >= 11 is 6.03. The molecule has 0 saturated heterocycles. The van der Waals surface area contributed by atoms with E-state index in [1.165, 1.54) is 25.7 Å². The predicted octanol–water partition coefficient (Wildman–Crippen LogP) is 3.48. The van der Waals surface area contributed by atoms with Crippen LogP contribution in [-0.2, 0) is 4.79 Å². The van der Waals surface area contributed by atoms with Gasteiger partial charge in [0.05, 0.1) is 10.9 Å². The lowest BCUT2D eigenvalue weighted by Gasteiger charge is -2.29. The smallest absolute Gasteiger partial charge is 0.220 e. The van der Waals surface area contributed by atoms with Gasteiger partial charge in [-0.3, -0.25) is 4.79 Å². The SMILES string of the molecule is CC(Cl)C(C)(C)NC(=O)CCC1CCCC1. The number of amides is 1. The third-order valence-corrected chi connectivity index (χ3v) is 4.26. The lowest BCUT2D eigenvalue weighted by molar-refractivity contribution is -0.123. The van der Waals surface area contributed by atoms with Crippen molar-refractivity contribution in [3.05, 3.63) is 0 Å². The van der Waals surface area contributed by atoms with E-state index < -0.39 is 0 Å². The number of hydrogen-bond acceptors (Lipinski definition) is 1. The molecule has 0 radical (unpaired) electrons.